The minimum Gasteiger partial charge on any atom is -0.346 e. The van der Waals surface area contributed by atoms with E-state index in [0.717, 1.165) is 16.6 Å². The molecule has 0 aliphatic carbocycles. The Balaban J connectivity index is 2.49. The molecular formula is C14H19Br2NOS. The van der Waals surface area contributed by atoms with Crippen molar-refractivity contribution in [3.05, 3.63) is 29.8 Å². The maximum absolute atomic E-state index is 11.8. The van der Waals surface area contributed by atoms with Crippen molar-refractivity contribution >= 4 is 48.9 Å². The Hall–Kier alpha value is -0.000000000000000111. The number of rotatable bonds is 6. The molecule has 0 radical (unpaired) electrons. The molecule has 1 amide bonds. The fourth-order valence-electron chi connectivity index (χ4n) is 1.60. The molecule has 19 heavy (non-hydrogen) atoms. The van der Waals surface area contributed by atoms with Gasteiger partial charge in [0.25, 0.3) is 5.24 Å². The molecule has 1 N–H and O–H groups in total. The molecule has 1 atom stereocenters. The molecule has 0 bridgehead atoms. The number of carbonyl (C=O) groups is 1. The molecular weight excluding hydrogens is 390 g/mol. The van der Waals surface area contributed by atoms with Gasteiger partial charge in [-0.3, -0.25) is 4.79 Å². The second-order valence-corrected chi connectivity index (χ2v) is 7.76. The smallest absolute Gasteiger partial charge is 0.283 e. The third-order valence-electron chi connectivity index (χ3n) is 2.39. The van der Waals surface area contributed by atoms with Gasteiger partial charge in [-0.05, 0) is 41.8 Å². The lowest BCUT2D eigenvalue weighted by Gasteiger charge is -2.09. The van der Waals surface area contributed by atoms with Crippen LogP contribution in [0.3, 0.4) is 0 Å². The van der Waals surface area contributed by atoms with Crippen LogP contribution in [0.15, 0.2) is 29.2 Å². The van der Waals surface area contributed by atoms with Crippen molar-refractivity contribution in [2.45, 2.75) is 30.0 Å². The first kappa shape index (κ1) is 17.1. The SMILES string of the molecule is CC(C)Cc1cccc(SC(=O)NCC(Br)CBr)c1. The summed E-state index contributed by atoms with van der Waals surface area (Å²) < 4.78 is 0. The second-order valence-electron chi connectivity index (χ2n) is 4.77. The number of nitrogens with one attached hydrogen (secondary N) is 1. The number of amides is 1. The highest BCUT2D eigenvalue weighted by atomic mass is 79.9. The van der Waals surface area contributed by atoms with Crippen molar-refractivity contribution in [1.29, 1.82) is 0 Å². The number of carbonyl (C=O) groups excluding carboxylic acids is 1. The Morgan fingerprint density at radius 2 is 2.16 bits per heavy atom. The molecule has 0 aromatic heterocycles. The number of benzene rings is 1. The minimum absolute atomic E-state index is 0.00732. The van der Waals surface area contributed by atoms with Crippen molar-refractivity contribution in [1.82, 2.24) is 5.32 Å². The molecule has 2 nitrogen and oxygen atoms in total. The molecule has 0 saturated carbocycles. The van der Waals surface area contributed by atoms with E-state index in [0.29, 0.717) is 12.5 Å². The van der Waals surface area contributed by atoms with E-state index >= 15 is 0 Å². The number of alkyl halides is 2. The lowest BCUT2D eigenvalue weighted by molar-refractivity contribution is 0.261. The fraction of sp³-hybridized carbons (Fsp3) is 0.500. The highest BCUT2D eigenvalue weighted by molar-refractivity contribution is 9.12. The van der Waals surface area contributed by atoms with E-state index < -0.39 is 0 Å². The largest absolute Gasteiger partial charge is 0.346 e. The standard InChI is InChI=1S/C14H19Br2NOS/c1-10(2)6-11-4-3-5-13(7-11)19-14(18)17-9-12(16)8-15/h3-5,7,10,12H,6,8-9H2,1-2H3,(H,17,18). The topological polar surface area (TPSA) is 29.1 Å². The molecule has 1 unspecified atom stereocenters. The minimum atomic E-state index is -0.00732. The molecule has 106 valence electrons. The third kappa shape index (κ3) is 7.37. The van der Waals surface area contributed by atoms with Gasteiger partial charge in [0.2, 0.25) is 0 Å². The zero-order chi connectivity index (χ0) is 14.3. The van der Waals surface area contributed by atoms with Gasteiger partial charge in [-0.25, -0.2) is 0 Å². The first-order valence-electron chi connectivity index (χ1n) is 6.26. The van der Waals surface area contributed by atoms with Gasteiger partial charge < -0.3 is 5.32 Å². The molecule has 5 heteroatoms. The molecule has 0 fully saturated rings. The van der Waals surface area contributed by atoms with Crippen LogP contribution >= 0.6 is 43.6 Å². The molecule has 1 aromatic rings. The van der Waals surface area contributed by atoms with Crippen molar-refractivity contribution in [3.63, 3.8) is 0 Å². The third-order valence-corrected chi connectivity index (χ3v) is 5.51. The highest BCUT2D eigenvalue weighted by Crippen LogP contribution is 2.21. The average molecular weight is 409 g/mol. The second kappa shape index (κ2) is 9.03. The maximum atomic E-state index is 11.8. The Kier molecular flexibility index (Phi) is 8.11. The van der Waals surface area contributed by atoms with Gasteiger partial charge in [0.05, 0.1) is 0 Å². The summed E-state index contributed by atoms with van der Waals surface area (Å²) in [6, 6.07) is 8.20. The van der Waals surface area contributed by atoms with E-state index in [1.165, 1.54) is 17.3 Å². The lowest BCUT2D eigenvalue weighted by atomic mass is 10.0. The van der Waals surface area contributed by atoms with Crippen LogP contribution in [0.25, 0.3) is 0 Å². The van der Waals surface area contributed by atoms with E-state index in [1.54, 1.807) is 0 Å². The molecule has 0 aliphatic heterocycles. The molecule has 0 aliphatic rings. The first-order chi connectivity index (χ1) is 9.01. The van der Waals surface area contributed by atoms with Gasteiger partial charge >= 0.3 is 0 Å². The first-order valence-corrected chi connectivity index (χ1v) is 9.11. The van der Waals surface area contributed by atoms with E-state index in [4.69, 9.17) is 0 Å². The highest BCUT2D eigenvalue weighted by Gasteiger charge is 2.08. The van der Waals surface area contributed by atoms with Crippen LogP contribution in [0.1, 0.15) is 19.4 Å². The monoisotopic (exact) mass is 407 g/mol. The van der Waals surface area contributed by atoms with Gasteiger partial charge in [0.15, 0.2) is 0 Å². The number of thioether (sulfide) groups is 1. The van der Waals surface area contributed by atoms with Crippen LogP contribution in [0, 0.1) is 5.92 Å². The summed E-state index contributed by atoms with van der Waals surface area (Å²) in [5, 5.41) is 3.70. The number of halogens is 2. The van der Waals surface area contributed by atoms with E-state index in [-0.39, 0.29) is 10.1 Å². The van der Waals surface area contributed by atoms with Crippen LogP contribution in [-0.2, 0) is 6.42 Å². The summed E-state index contributed by atoms with van der Waals surface area (Å²) in [5.74, 6) is 0.627. The maximum Gasteiger partial charge on any atom is 0.283 e. The Morgan fingerprint density at radius 3 is 2.79 bits per heavy atom. The predicted octanol–water partition coefficient (Wildman–Crippen LogP) is 4.85. The quantitative estimate of drug-likeness (QED) is 0.538. The van der Waals surface area contributed by atoms with E-state index in [2.05, 4.69) is 63.2 Å². The Morgan fingerprint density at radius 1 is 1.42 bits per heavy atom. The molecule has 1 rings (SSSR count). The van der Waals surface area contributed by atoms with Crippen LogP contribution in [-0.4, -0.2) is 21.9 Å². The number of hydrogen-bond donors (Lipinski definition) is 1. The zero-order valence-electron chi connectivity index (χ0n) is 11.2. The molecule has 1 aromatic carbocycles. The summed E-state index contributed by atoms with van der Waals surface area (Å²) in [4.78, 5) is 13.1. The molecule has 0 spiro atoms. The zero-order valence-corrected chi connectivity index (χ0v) is 15.1. The summed E-state index contributed by atoms with van der Waals surface area (Å²) in [5.41, 5.74) is 1.28. The summed E-state index contributed by atoms with van der Waals surface area (Å²) in [7, 11) is 0. The van der Waals surface area contributed by atoms with Gasteiger partial charge in [0, 0.05) is 21.6 Å². The van der Waals surface area contributed by atoms with Gasteiger partial charge in [-0.15, -0.1) is 0 Å². The molecule has 0 heterocycles. The molecule has 0 saturated heterocycles. The summed E-state index contributed by atoms with van der Waals surface area (Å²) >= 11 is 8.07. The summed E-state index contributed by atoms with van der Waals surface area (Å²) in [6.07, 6.45) is 1.04. The van der Waals surface area contributed by atoms with Gasteiger partial charge in [-0.2, -0.15) is 0 Å². The van der Waals surface area contributed by atoms with Crippen molar-refractivity contribution in [2.75, 3.05) is 11.9 Å². The van der Waals surface area contributed by atoms with Gasteiger partial charge in [-0.1, -0.05) is 57.8 Å². The average Bonchev–Trinajstić information content (AvgIpc) is 2.35. The summed E-state index contributed by atoms with van der Waals surface area (Å²) in [6.45, 7) is 5.02. The lowest BCUT2D eigenvalue weighted by Crippen LogP contribution is -2.26. The Labute approximate surface area is 136 Å². The predicted molar refractivity (Wildman–Crippen MR) is 90.7 cm³/mol. The Bertz CT molecular complexity index is 412. The fourth-order valence-corrected chi connectivity index (χ4v) is 2.72. The van der Waals surface area contributed by atoms with Crippen molar-refractivity contribution in [3.8, 4) is 0 Å². The van der Waals surface area contributed by atoms with Crippen molar-refractivity contribution < 1.29 is 4.79 Å². The van der Waals surface area contributed by atoms with E-state index in [1.807, 2.05) is 12.1 Å². The van der Waals surface area contributed by atoms with Crippen LogP contribution in [0.5, 0.6) is 0 Å². The van der Waals surface area contributed by atoms with Crippen LogP contribution in [0.4, 0.5) is 4.79 Å². The van der Waals surface area contributed by atoms with Gasteiger partial charge in [0.1, 0.15) is 0 Å². The van der Waals surface area contributed by atoms with E-state index in [9.17, 15) is 4.79 Å². The normalized spacial score (nSPS) is 12.5. The number of hydrogen-bond acceptors (Lipinski definition) is 2. The van der Waals surface area contributed by atoms with Crippen molar-refractivity contribution in [2.24, 2.45) is 5.92 Å². The van der Waals surface area contributed by atoms with Crippen LogP contribution in [0.2, 0.25) is 0 Å². The van der Waals surface area contributed by atoms with Crippen LogP contribution < -0.4 is 5.32 Å².